The minimum atomic E-state index is -0.0311. The fourth-order valence-electron chi connectivity index (χ4n) is 2.52. The standard InChI is InChI=1S/C16H15NO3/c1-7-5-11-15(9(3)13(7)18)20-16-10(4)14(19)8(2)6-12(16)17-11/h5-6,18H,1-4H3. The van der Waals surface area contributed by atoms with Gasteiger partial charge in [0.25, 0.3) is 0 Å². The second kappa shape index (κ2) is 4.07. The van der Waals surface area contributed by atoms with Gasteiger partial charge in [-0.05, 0) is 51.0 Å². The summed E-state index contributed by atoms with van der Waals surface area (Å²) in [5.74, 6) is 0.689. The van der Waals surface area contributed by atoms with E-state index in [9.17, 15) is 9.90 Å². The van der Waals surface area contributed by atoms with Gasteiger partial charge in [-0.3, -0.25) is 4.79 Å². The van der Waals surface area contributed by atoms with Gasteiger partial charge in [-0.15, -0.1) is 0 Å². The Labute approximate surface area is 116 Å². The number of hydrogen-bond acceptors (Lipinski definition) is 4. The quantitative estimate of drug-likeness (QED) is 0.636. The van der Waals surface area contributed by atoms with Crippen LogP contribution in [0.25, 0.3) is 22.6 Å². The Balaban J connectivity index is 2.55. The van der Waals surface area contributed by atoms with Crippen molar-refractivity contribution < 1.29 is 9.52 Å². The molecule has 1 aromatic carbocycles. The summed E-state index contributed by atoms with van der Waals surface area (Å²) in [7, 11) is 0. The van der Waals surface area contributed by atoms with Crippen molar-refractivity contribution in [2.45, 2.75) is 27.7 Å². The molecular weight excluding hydrogens is 254 g/mol. The smallest absolute Gasteiger partial charge is 0.188 e. The molecule has 1 N–H and O–H groups in total. The normalized spacial score (nSPS) is 11.4. The van der Waals surface area contributed by atoms with Gasteiger partial charge in [0, 0.05) is 11.1 Å². The SMILES string of the molecule is Cc1cc2nc3cc(C)c(=O)c(C)c-3oc2c(C)c1O. The van der Waals surface area contributed by atoms with Crippen LogP contribution in [-0.4, -0.2) is 10.1 Å². The molecule has 102 valence electrons. The van der Waals surface area contributed by atoms with Crippen LogP contribution in [0.1, 0.15) is 22.3 Å². The van der Waals surface area contributed by atoms with E-state index in [-0.39, 0.29) is 11.2 Å². The molecule has 1 aliphatic heterocycles. The van der Waals surface area contributed by atoms with Crippen LogP contribution in [0.3, 0.4) is 0 Å². The van der Waals surface area contributed by atoms with Crippen molar-refractivity contribution >= 4 is 11.1 Å². The molecule has 1 aliphatic carbocycles. The van der Waals surface area contributed by atoms with Crippen molar-refractivity contribution in [2.75, 3.05) is 0 Å². The van der Waals surface area contributed by atoms with E-state index in [2.05, 4.69) is 4.98 Å². The number of phenolic OH excluding ortho intramolecular Hbond substituents is 1. The average molecular weight is 269 g/mol. The average Bonchev–Trinajstić information content (AvgIpc) is 2.41. The monoisotopic (exact) mass is 269 g/mol. The maximum Gasteiger partial charge on any atom is 0.188 e. The Hall–Kier alpha value is -2.36. The van der Waals surface area contributed by atoms with E-state index in [4.69, 9.17) is 4.42 Å². The van der Waals surface area contributed by atoms with E-state index in [0.29, 0.717) is 39.2 Å². The van der Waals surface area contributed by atoms with Crippen molar-refractivity contribution in [2.24, 2.45) is 0 Å². The molecule has 1 aromatic rings. The highest BCUT2D eigenvalue weighted by Gasteiger charge is 2.18. The summed E-state index contributed by atoms with van der Waals surface area (Å²) in [6.45, 7) is 7.11. The van der Waals surface area contributed by atoms with Gasteiger partial charge >= 0.3 is 0 Å². The Morgan fingerprint density at radius 3 is 2.45 bits per heavy atom. The van der Waals surface area contributed by atoms with Crippen LogP contribution >= 0.6 is 0 Å². The first-order valence-electron chi connectivity index (χ1n) is 6.44. The molecule has 0 saturated carbocycles. The van der Waals surface area contributed by atoms with E-state index < -0.39 is 0 Å². The Morgan fingerprint density at radius 2 is 1.75 bits per heavy atom. The molecule has 0 radical (unpaired) electrons. The van der Waals surface area contributed by atoms with Gasteiger partial charge in [-0.2, -0.15) is 0 Å². The Kier molecular flexibility index (Phi) is 2.57. The molecule has 0 spiro atoms. The van der Waals surface area contributed by atoms with Crippen molar-refractivity contribution in [3.8, 4) is 17.2 Å². The van der Waals surface area contributed by atoms with E-state index >= 15 is 0 Å². The molecule has 4 nitrogen and oxygen atoms in total. The molecule has 0 bridgehead atoms. The van der Waals surface area contributed by atoms with Crippen LogP contribution in [0.4, 0.5) is 0 Å². The van der Waals surface area contributed by atoms with Crippen molar-refractivity contribution in [3.63, 3.8) is 0 Å². The third kappa shape index (κ3) is 1.61. The van der Waals surface area contributed by atoms with Gasteiger partial charge in [-0.1, -0.05) is 0 Å². The largest absolute Gasteiger partial charge is 0.507 e. The molecule has 1 heterocycles. The van der Waals surface area contributed by atoms with Gasteiger partial charge in [0.1, 0.15) is 17.0 Å². The second-order valence-electron chi connectivity index (χ2n) is 5.23. The Bertz CT molecular complexity index is 877. The number of hydrogen-bond donors (Lipinski definition) is 1. The third-order valence-electron chi connectivity index (χ3n) is 3.73. The first-order valence-corrected chi connectivity index (χ1v) is 6.44. The lowest BCUT2D eigenvalue weighted by Crippen LogP contribution is -2.11. The van der Waals surface area contributed by atoms with Crippen LogP contribution in [-0.2, 0) is 0 Å². The van der Waals surface area contributed by atoms with E-state index in [1.54, 1.807) is 32.9 Å². The topological polar surface area (TPSA) is 63.3 Å². The number of aryl methyl sites for hydroxylation is 3. The van der Waals surface area contributed by atoms with Gasteiger partial charge in [-0.25, -0.2) is 4.98 Å². The maximum absolute atomic E-state index is 12.0. The zero-order valence-electron chi connectivity index (χ0n) is 11.9. The Morgan fingerprint density at radius 1 is 1.05 bits per heavy atom. The van der Waals surface area contributed by atoms with Crippen molar-refractivity contribution in [1.82, 2.24) is 4.98 Å². The van der Waals surface area contributed by atoms with E-state index in [1.807, 2.05) is 6.92 Å². The highest BCUT2D eigenvalue weighted by molar-refractivity contribution is 5.83. The van der Waals surface area contributed by atoms with Crippen LogP contribution in [0.2, 0.25) is 0 Å². The molecule has 0 fully saturated rings. The van der Waals surface area contributed by atoms with Crippen molar-refractivity contribution in [1.29, 1.82) is 0 Å². The van der Waals surface area contributed by atoms with Crippen LogP contribution in [0.15, 0.2) is 21.3 Å². The first kappa shape index (κ1) is 12.7. The third-order valence-corrected chi connectivity index (χ3v) is 3.73. The molecule has 3 rings (SSSR count). The lowest BCUT2D eigenvalue weighted by atomic mass is 10.0. The number of aromatic nitrogens is 1. The summed E-state index contributed by atoms with van der Waals surface area (Å²) in [6.07, 6.45) is 0. The lowest BCUT2D eigenvalue weighted by Gasteiger charge is -2.12. The zero-order chi connectivity index (χ0) is 14.6. The van der Waals surface area contributed by atoms with E-state index in [1.165, 1.54) is 0 Å². The van der Waals surface area contributed by atoms with E-state index in [0.717, 1.165) is 5.56 Å². The van der Waals surface area contributed by atoms with Gasteiger partial charge in [0.05, 0.1) is 0 Å². The minimum absolute atomic E-state index is 0.0311. The highest BCUT2D eigenvalue weighted by Crippen LogP contribution is 2.33. The molecule has 0 unspecified atom stereocenters. The number of benzene rings is 2. The number of rotatable bonds is 0. The van der Waals surface area contributed by atoms with Crippen LogP contribution < -0.4 is 5.43 Å². The summed E-state index contributed by atoms with van der Waals surface area (Å²) in [4.78, 5) is 16.5. The maximum atomic E-state index is 12.0. The summed E-state index contributed by atoms with van der Waals surface area (Å²) in [6, 6.07) is 3.53. The molecule has 2 aliphatic rings. The molecule has 0 aromatic heterocycles. The van der Waals surface area contributed by atoms with Crippen LogP contribution in [0.5, 0.6) is 5.75 Å². The molecule has 0 amide bonds. The predicted octanol–water partition coefficient (Wildman–Crippen LogP) is 3.23. The minimum Gasteiger partial charge on any atom is -0.507 e. The summed E-state index contributed by atoms with van der Waals surface area (Å²) in [5, 5.41) is 9.99. The number of nitrogens with zero attached hydrogens (tertiary/aromatic N) is 1. The molecule has 0 saturated heterocycles. The highest BCUT2D eigenvalue weighted by atomic mass is 16.3. The first-order chi connectivity index (χ1) is 9.40. The number of phenols is 1. The predicted molar refractivity (Wildman–Crippen MR) is 77.5 cm³/mol. The molecule has 0 atom stereocenters. The zero-order valence-corrected chi connectivity index (χ0v) is 11.9. The summed E-state index contributed by atoms with van der Waals surface area (Å²) < 4.78 is 5.86. The molecule has 4 heteroatoms. The summed E-state index contributed by atoms with van der Waals surface area (Å²) in [5.41, 5.74) is 4.44. The van der Waals surface area contributed by atoms with Gasteiger partial charge < -0.3 is 9.52 Å². The lowest BCUT2D eigenvalue weighted by molar-refractivity contribution is 0.465. The number of fused-ring (bicyclic) bond motifs is 2. The van der Waals surface area contributed by atoms with Gasteiger partial charge in [0.2, 0.25) is 0 Å². The molecule has 20 heavy (non-hydrogen) atoms. The number of aromatic hydroxyl groups is 1. The van der Waals surface area contributed by atoms with Gasteiger partial charge in [0.15, 0.2) is 16.8 Å². The molecular formula is C16H15NO3. The fourth-order valence-corrected chi connectivity index (χ4v) is 2.52. The van der Waals surface area contributed by atoms with Crippen molar-refractivity contribution in [3.05, 3.63) is 44.6 Å². The second-order valence-corrected chi connectivity index (χ2v) is 5.23. The fraction of sp³-hybridized carbons (Fsp3) is 0.250. The van der Waals surface area contributed by atoms with Crippen LogP contribution in [0, 0.1) is 27.7 Å². The summed E-state index contributed by atoms with van der Waals surface area (Å²) >= 11 is 0.